The van der Waals surface area contributed by atoms with Gasteiger partial charge in [-0.15, -0.1) is 0 Å². The number of methoxy groups -OCH3 is 1. The van der Waals surface area contributed by atoms with E-state index >= 15 is 0 Å². The maximum Gasteiger partial charge on any atom is 0.305 e. The lowest BCUT2D eigenvalue weighted by Crippen LogP contribution is -2.25. The van der Waals surface area contributed by atoms with Crippen molar-refractivity contribution in [3.8, 4) is 0 Å². The topological polar surface area (TPSA) is 35.5 Å². The zero-order valence-electron chi connectivity index (χ0n) is 9.05. The highest BCUT2D eigenvalue weighted by Gasteiger charge is 2.13. The lowest BCUT2D eigenvalue weighted by molar-refractivity contribution is -0.140. The maximum atomic E-state index is 10.7. The van der Waals surface area contributed by atoms with Gasteiger partial charge in [0.1, 0.15) is 0 Å². The molecule has 3 nitrogen and oxygen atoms in total. The molecular formula is C9H20O3Si. The second-order valence-corrected chi connectivity index (χ2v) is 8.51. The minimum atomic E-state index is -1.36. The minimum absolute atomic E-state index is 0.131. The number of carbonyl (C=O) groups is 1. The molecule has 0 N–H and O–H groups in total. The highest BCUT2D eigenvalue weighted by Crippen LogP contribution is 2.05. The van der Waals surface area contributed by atoms with Gasteiger partial charge in [0, 0.05) is 13.0 Å². The molecule has 78 valence electrons. The predicted octanol–water partition coefficient (Wildman–Crippen LogP) is 2.18. The molecule has 0 aliphatic rings. The molecule has 0 bridgehead atoms. The molecule has 0 aromatic heterocycles. The van der Waals surface area contributed by atoms with Crippen LogP contribution in [-0.2, 0) is 14.0 Å². The summed E-state index contributed by atoms with van der Waals surface area (Å²) in [6, 6.07) is 0. The van der Waals surface area contributed by atoms with Crippen LogP contribution in [-0.4, -0.2) is 28.0 Å². The lowest BCUT2D eigenvalue weighted by Gasteiger charge is -2.16. The Hall–Kier alpha value is -0.353. The zero-order chi connectivity index (χ0) is 10.3. The number of hydrogen-bond acceptors (Lipinski definition) is 3. The van der Waals surface area contributed by atoms with E-state index in [0.717, 1.165) is 19.4 Å². The molecule has 0 radical (unpaired) electrons. The van der Waals surface area contributed by atoms with Crippen molar-refractivity contribution >= 4 is 14.3 Å². The number of carbonyl (C=O) groups excluding carboxylic acids is 1. The molecule has 0 amide bonds. The molecule has 0 rings (SSSR count). The third-order valence-corrected chi connectivity index (χ3v) is 2.61. The molecule has 4 heteroatoms. The summed E-state index contributed by atoms with van der Waals surface area (Å²) >= 11 is 0. The van der Waals surface area contributed by atoms with Crippen LogP contribution in [0, 0.1) is 0 Å². The average molecular weight is 204 g/mol. The van der Waals surface area contributed by atoms with E-state index in [9.17, 15) is 4.79 Å². The second-order valence-electron chi connectivity index (χ2n) is 3.99. The van der Waals surface area contributed by atoms with Gasteiger partial charge < -0.3 is 9.16 Å². The first kappa shape index (κ1) is 12.6. The monoisotopic (exact) mass is 204 g/mol. The van der Waals surface area contributed by atoms with E-state index in [1.165, 1.54) is 7.11 Å². The Balaban J connectivity index is 3.22. The van der Waals surface area contributed by atoms with Gasteiger partial charge in [-0.05, 0) is 32.5 Å². The van der Waals surface area contributed by atoms with E-state index in [4.69, 9.17) is 4.43 Å². The SMILES string of the molecule is COC(=O)CCCCO[Si](C)(C)C. The molecule has 0 saturated heterocycles. The van der Waals surface area contributed by atoms with E-state index in [1.807, 2.05) is 0 Å². The summed E-state index contributed by atoms with van der Waals surface area (Å²) in [5.74, 6) is -0.131. The lowest BCUT2D eigenvalue weighted by atomic mass is 10.2. The largest absolute Gasteiger partial charge is 0.469 e. The Morgan fingerprint density at radius 1 is 1.23 bits per heavy atom. The summed E-state index contributed by atoms with van der Waals surface area (Å²) in [6.07, 6.45) is 2.31. The number of hydrogen-bond donors (Lipinski definition) is 0. The predicted molar refractivity (Wildman–Crippen MR) is 55.2 cm³/mol. The third kappa shape index (κ3) is 9.56. The molecule has 0 unspecified atom stereocenters. The average Bonchev–Trinajstić information content (AvgIpc) is 2.01. The van der Waals surface area contributed by atoms with E-state index in [1.54, 1.807) is 0 Å². The van der Waals surface area contributed by atoms with Crippen molar-refractivity contribution in [3.63, 3.8) is 0 Å². The second kappa shape index (κ2) is 6.15. The molecule has 0 aliphatic carbocycles. The van der Waals surface area contributed by atoms with Gasteiger partial charge in [0.25, 0.3) is 0 Å². The third-order valence-electron chi connectivity index (χ3n) is 1.54. The zero-order valence-corrected chi connectivity index (χ0v) is 10.1. The van der Waals surface area contributed by atoms with Crippen molar-refractivity contribution in [1.82, 2.24) is 0 Å². The first-order valence-electron chi connectivity index (χ1n) is 4.66. The van der Waals surface area contributed by atoms with Crippen LogP contribution in [0.1, 0.15) is 19.3 Å². The van der Waals surface area contributed by atoms with Crippen LogP contribution in [0.4, 0.5) is 0 Å². The first-order chi connectivity index (χ1) is 5.95. The van der Waals surface area contributed by atoms with Gasteiger partial charge in [-0.2, -0.15) is 0 Å². The van der Waals surface area contributed by atoms with Crippen LogP contribution in [0.2, 0.25) is 19.6 Å². The van der Waals surface area contributed by atoms with Gasteiger partial charge in [0.15, 0.2) is 8.32 Å². The molecule has 0 fully saturated rings. The van der Waals surface area contributed by atoms with E-state index in [2.05, 4.69) is 24.4 Å². The Bertz CT molecular complexity index is 151. The Kier molecular flexibility index (Phi) is 5.99. The van der Waals surface area contributed by atoms with Crippen LogP contribution in [0.5, 0.6) is 0 Å². The van der Waals surface area contributed by atoms with E-state index in [0.29, 0.717) is 6.42 Å². The van der Waals surface area contributed by atoms with Gasteiger partial charge in [0.05, 0.1) is 7.11 Å². The molecule has 13 heavy (non-hydrogen) atoms. The molecule has 0 aromatic rings. The molecule has 0 spiro atoms. The first-order valence-corrected chi connectivity index (χ1v) is 8.07. The Morgan fingerprint density at radius 3 is 2.31 bits per heavy atom. The van der Waals surface area contributed by atoms with Crippen LogP contribution < -0.4 is 0 Å². The summed E-state index contributed by atoms with van der Waals surface area (Å²) in [7, 11) is 0.0587. The van der Waals surface area contributed by atoms with Crippen molar-refractivity contribution in [3.05, 3.63) is 0 Å². The molecule has 0 aliphatic heterocycles. The van der Waals surface area contributed by atoms with E-state index < -0.39 is 8.32 Å². The van der Waals surface area contributed by atoms with Crippen molar-refractivity contribution in [1.29, 1.82) is 0 Å². The Morgan fingerprint density at radius 2 is 1.85 bits per heavy atom. The molecule has 0 heterocycles. The summed E-state index contributed by atoms with van der Waals surface area (Å²) in [6.45, 7) is 7.25. The normalized spacial score (nSPS) is 11.4. The van der Waals surface area contributed by atoms with Gasteiger partial charge in [-0.3, -0.25) is 4.79 Å². The van der Waals surface area contributed by atoms with E-state index in [-0.39, 0.29) is 5.97 Å². The standard InChI is InChI=1S/C9H20O3Si/c1-11-9(10)7-5-6-8-12-13(2,3)4/h5-8H2,1-4H3. The van der Waals surface area contributed by atoms with Crippen molar-refractivity contribution in [2.45, 2.75) is 38.9 Å². The fourth-order valence-corrected chi connectivity index (χ4v) is 1.61. The fourth-order valence-electron chi connectivity index (χ4n) is 0.852. The van der Waals surface area contributed by atoms with Crippen LogP contribution in [0.3, 0.4) is 0 Å². The number of esters is 1. The molecule has 0 saturated carbocycles. The molecule has 0 atom stereocenters. The Labute approximate surface area is 81.6 Å². The number of rotatable bonds is 6. The van der Waals surface area contributed by atoms with Crippen LogP contribution >= 0.6 is 0 Å². The van der Waals surface area contributed by atoms with Gasteiger partial charge >= 0.3 is 5.97 Å². The van der Waals surface area contributed by atoms with Crippen molar-refractivity contribution in [2.75, 3.05) is 13.7 Å². The molecule has 0 aromatic carbocycles. The summed E-state index contributed by atoms with van der Waals surface area (Å²) in [5.41, 5.74) is 0. The van der Waals surface area contributed by atoms with Crippen molar-refractivity contribution < 1.29 is 14.0 Å². The van der Waals surface area contributed by atoms with Crippen molar-refractivity contribution in [2.24, 2.45) is 0 Å². The quantitative estimate of drug-likeness (QED) is 0.378. The minimum Gasteiger partial charge on any atom is -0.469 e. The fraction of sp³-hybridized carbons (Fsp3) is 0.889. The summed E-state index contributed by atoms with van der Waals surface area (Å²) in [5, 5.41) is 0. The van der Waals surface area contributed by atoms with Gasteiger partial charge in [0.2, 0.25) is 0 Å². The van der Waals surface area contributed by atoms with Crippen LogP contribution in [0.15, 0.2) is 0 Å². The molecular weight excluding hydrogens is 184 g/mol. The number of unbranched alkanes of at least 4 members (excludes halogenated alkanes) is 1. The van der Waals surface area contributed by atoms with Gasteiger partial charge in [-0.25, -0.2) is 0 Å². The maximum absolute atomic E-state index is 10.7. The highest BCUT2D eigenvalue weighted by molar-refractivity contribution is 6.69. The van der Waals surface area contributed by atoms with Gasteiger partial charge in [-0.1, -0.05) is 0 Å². The van der Waals surface area contributed by atoms with Crippen LogP contribution in [0.25, 0.3) is 0 Å². The summed E-state index contributed by atoms with van der Waals surface area (Å²) < 4.78 is 10.2. The summed E-state index contributed by atoms with van der Waals surface area (Å²) in [4.78, 5) is 10.7. The number of ether oxygens (including phenoxy) is 1. The highest BCUT2D eigenvalue weighted by atomic mass is 28.4. The smallest absolute Gasteiger partial charge is 0.305 e.